The number of carbonyl (C=O) groups is 3. The third kappa shape index (κ3) is 4.82. The van der Waals surface area contributed by atoms with E-state index in [4.69, 9.17) is 4.52 Å². The fourth-order valence-corrected chi connectivity index (χ4v) is 5.05. The van der Waals surface area contributed by atoms with Crippen molar-refractivity contribution in [1.29, 1.82) is 0 Å². The van der Waals surface area contributed by atoms with Gasteiger partial charge in [0.1, 0.15) is 0 Å². The lowest BCUT2D eigenvalue weighted by atomic mass is 9.90. The Balaban J connectivity index is 1.29. The lowest BCUT2D eigenvalue weighted by molar-refractivity contribution is -0.150. The molecule has 9 nitrogen and oxygen atoms in total. The zero-order valence-electron chi connectivity index (χ0n) is 17.6. The molecule has 1 aromatic heterocycles. The van der Waals surface area contributed by atoms with Gasteiger partial charge in [-0.15, -0.1) is 0 Å². The Bertz CT molecular complexity index is 780. The summed E-state index contributed by atoms with van der Waals surface area (Å²) >= 11 is 0. The summed E-state index contributed by atoms with van der Waals surface area (Å²) in [6, 6.07) is 0.146. The summed E-state index contributed by atoms with van der Waals surface area (Å²) < 4.78 is 5.12. The monoisotopic (exact) mass is 417 g/mol. The molecule has 0 spiro atoms. The Kier molecular flexibility index (Phi) is 6.34. The van der Waals surface area contributed by atoms with E-state index < -0.39 is 0 Å². The van der Waals surface area contributed by atoms with Crippen molar-refractivity contribution >= 4 is 17.7 Å². The van der Waals surface area contributed by atoms with E-state index in [0.29, 0.717) is 56.9 Å². The maximum absolute atomic E-state index is 12.9. The molecule has 3 amide bonds. The molecule has 9 heteroatoms. The molecule has 3 saturated heterocycles. The molecule has 2 bridgehead atoms. The molecule has 164 valence electrons. The van der Waals surface area contributed by atoms with Gasteiger partial charge in [-0.05, 0) is 45.4 Å². The molecular formula is C21H31N5O4. The predicted molar refractivity (Wildman–Crippen MR) is 107 cm³/mol. The Morgan fingerprint density at radius 3 is 2.57 bits per heavy atom. The highest BCUT2D eigenvalue weighted by Crippen LogP contribution is 2.30. The fraction of sp³-hybridized carbons (Fsp3) is 0.762. The third-order valence-electron chi connectivity index (χ3n) is 6.46. The van der Waals surface area contributed by atoms with Gasteiger partial charge in [0, 0.05) is 56.9 Å². The number of aryl methyl sites for hydroxylation is 2. The average Bonchev–Trinajstić information content (AvgIpc) is 3.12. The summed E-state index contributed by atoms with van der Waals surface area (Å²) in [5.41, 5.74) is 0. The van der Waals surface area contributed by atoms with Gasteiger partial charge in [-0.1, -0.05) is 5.16 Å². The number of hydrogen-bond donors (Lipinski definition) is 1. The number of fused-ring (bicyclic) bond motifs is 2. The van der Waals surface area contributed by atoms with Crippen LogP contribution in [0.2, 0.25) is 0 Å². The van der Waals surface area contributed by atoms with Crippen LogP contribution in [0.25, 0.3) is 0 Å². The fourth-order valence-electron chi connectivity index (χ4n) is 5.05. The van der Waals surface area contributed by atoms with Crippen LogP contribution in [0.5, 0.6) is 0 Å². The highest BCUT2D eigenvalue weighted by molar-refractivity contribution is 5.81. The minimum Gasteiger partial charge on any atom is -0.353 e. The number of hydrogen-bond acceptors (Lipinski definition) is 6. The first-order chi connectivity index (χ1) is 14.5. The molecule has 1 aromatic rings. The van der Waals surface area contributed by atoms with Crippen molar-refractivity contribution in [2.45, 2.75) is 89.3 Å². The van der Waals surface area contributed by atoms with Gasteiger partial charge in [0.05, 0.1) is 0 Å². The number of rotatable bonds is 6. The highest BCUT2D eigenvalue weighted by atomic mass is 16.5. The van der Waals surface area contributed by atoms with Crippen LogP contribution in [0, 0.1) is 6.92 Å². The topological polar surface area (TPSA) is 109 Å². The maximum Gasteiger partial charge on any atom is 0.226 e. The Morgan fingerprint density at radius 1 is 1.13 bits per heavy atom. The first-order valence-corrected chi connectivity index (χ1v) is 11.2. The summed E-state index contributed by atoms with van der Waals surface area (Å²) in [5.74, 6) is 1.48. The van der Waals surface area contributed by atoms with Crippen LogP contribution in [0.15, 0.2) is 4.52 Å². The van der Waals surface area contributed by atoms with Crippen LogP contribution in [0.4, 0.5) is 0 Å². The zero-order valence-corrected chi connectivity index (χ0v) is 17.6. The Labute approximate surface area is 176 Å². The van der Waals surface area contributed by atoms with E-state index in [1.54, 1.807) is 6.92 Å². The SMILES string of the molecule is Cc1noc(CCCC(=O)N2C3CCCC2CN(C(=O)CC2CCCC(=O)N2)C3)n1. The molecule has 4 heterocycles. The standard InChI is InChI=1S/C21H31N5O4/c1-14-22-19(30-24-14)9-4-10-20(28)26-16-6-3-7-17(26)13-25(12-16)21(29)11-15-5-2-8-18(27)23-15/h15-17H,2-13H2,1H3,(H,23,27). The predicted octanol–water partition coefficient (Wildman–Crippen LogP) is 1.35. The van der Waals surface area contributed by atoms with E-state index in [0.717, 1.165) is 32.1 Å². The molecule has 3 unspecified atom stereocenters. The van der Waals surface area contributed by atoms with E-state index in [1.165, 1.54) is 0 Å². The smallest absolute Gasteiger partial charge is 0.226 e. The summed E-state index contributed by atoms with van der Waals surface area (Å²) in [6.07, 6.45) is 7.35. The zero-order chi connectivity index (χ0) is 21.1. The molecule has 3 fully saturated rings. The molecule has 1 N–H and O–H groups in total. The number of carbonyl (C=O) groups excluding carboxylic acids is 3. The van der Waals surface area contributed by atoms with E-state index in [1.807, 2.05) is 9.80 Å². The number of nitrogens with one attached hydrogen (secondary N) is 1. The lowest BCUT2D eigenvalue weighted by Gasteiger charge is -2.50. The van der Waals surface area contributed by atoms with Crippen LogP contribution in [-0.2, 0) is 20.8 Å². The number of amides is 3. The van der Waals surface area contributed by atoms with E-state index in [-0.39, 0.29) is 35.8 Å². The van der Waals surface area contributed by atoms with Gasteiger partial charge >= 0.3 is 0 Å². The molecule has 0 aromatic carbocycles. The number of nitrogens with zero attached hydrogens (tertiary/aromatic N) is 4. The van der Waals surface area contributed by atoms with E-state index in [2.05, 4.69) is 15.5 Å². The van der Waals surface area contributed by atoms with Crippen molar-refractivity contribution in [2.75, 3.05) is 13.1 Å². The van der Waals surface area contributed by atoms with Gasteiger partial charge in [-0.25, -0.2) is 0 Å². The number of likely N-dealkylation sites (tertiary alicyclic amines) is 1. The van der Waals surface area contributed by atoms with Gasteiger partial charge in [0.2, 0.25) is 23.6 Å². The Morgan fingerprint density at radius 2 is 1.90 bits per heavy atom. The second-order valence-corrected chi connectivity index (χ2v) is 8.79. The van der Waals surface area contributed by atoms with Crippen LogP contribution >= 0.6 is 0 Å². The van der Waals surface area contributed by atoms with Crippen molar-refractivity contribution in [3.63, 3.8) is 0 Å². The first-order valence-electron chi connectivity index (χ1n) is 11.2. The first kappa shape index (κ1) is 20.8. The molecule has 0 saturated carbocycles. The van der Waals surface area contributed by atoms with Crippen LogP contribution in [0.1, 0.15) is 69.5 Å². The molecular weight excluding hydrogens is 386 g/mol. The minimum atomic E-state index is -0.0495. The van der Waals surface area contributed by atoms with Crippen LogP contribution in [0.3, 0.4) is 0 Å². The number of aromatic nitrogens is 2. The molecule has 3 aliphatic rings. The normalized spacial score (nSPS) is 26.4. The van der Waals surface area contributed by atoms with Gasteiger partial charge in [0.15, 0.2) is 5.82 Å². The van der Waals surface area contributed by atoms with Gasteiger partial charge in [0.25, 0.3) is 0 Å². The van der Waals surface area contributed by atoms with Gasteiger partial charge in [-0.2, -0.15) is 4.98 Å². The second kappa shape index (κ2) is 9.14. The maximum atomic E-state index is 12.9. The molecule has 3 atom stereocenters. The highest BCUT2D eigenvalue weighted by Gasteiger charge is 2.41. The second-order valence-electron chi connectivity index (χ2n) is 8.79. The largest absolute Gasteiger partial charge is 0.353 e. The van der Waals surface area contributed by atoms with Crippen molar-refractivity contribution in [1.82, 2.24) is 25.3 Å². The van der Waals surface area contributed by atoms with E-state index >= 15 is 0 Å². The molecule has 0 radical (unpaired) electrons. The van der Waals surface area contributed by atoms with Gasteiger partial charge < -0.3 is 19.6 Å². The van der Waals surface area contributed by atoms with Crippen molar-refractivity contribution in [3.8, 4) is 0 Å². The minimum absolute atomic E-state index is 0.0435. The third-order valence-corrected chi connectivity index (χ3v) is 6.46. The number of piperidine rings is 2. The van der Waals surface area contributed by atoms with E-state index in [9.17, 15) is 14.4 Å². The lowest BCUT2D eigenvalue weighted by Crippen LogP contribution is -2.63. The molecule has 0 aliphatic carbocycles. The molecule has 30 heavy (non-hydrogen) atoms. The van der Waals surface area contributed by atoms with Crippen molar-refractivity contribution < 1.29 is 18.9 Å². The van der Waals surface area contributed by atoms with Crippen LogP contribution in [-0.4, -0.2) is 68.9 Å². The summed E-state index contributed by atoms with van der Waals surface area (Å²) in [4.78, 5) is 45.5. The summed E-state index contributed by atoms with van der Waals surface area (Å²) in [5, 5.41) is 6.71. The van der Waals surface area contributed by atoms with Crippen LogP contribution < -0.4 is 5.32 Å². The molecule has 4 rings (SSSR count). The van der Waals surface area contributed by atoms with Crippen molar-refractivity contribution in [3.05, 3.63) is 11.7 Å². The quantitative estimate of drug-likeness (QED) is 0.748. The summed E-state index contributed by atoms with van der Waals surface area (Å²) in [7, 11) is 0. The summed E-state index contributed by atoms with van der Waals surface area (Å²) in [6.45, 7) is 2.98. The average molecular weight is 418 g/mol. The van der Waals surface area contributed by atoms with Crippen molar-refractivity contribution in [2.24, 2.45) is 0 Å². The number of piperazine rings is 1. The molecule has 3 aliphatic heterocycles. The van der Waals surface area contributed by atoms with Gasteiger partial charge in [-0.3, -0.25) is 14.4 Å². The Hall–Kier alpha value is -2.45.